The van der Waals surface area contributed by atoms with E-state index in [-0.39, 0.29) is 0 Å². The van der Waals surface area contributed by atoms with Gasteiger partial charge in [-0.25, -0.2) is 4.98 Å². The van der Waals surface area contributed by atoms with Crippen LogP contribution in [-0.2, 0) is 0 Å². The first-order valence-corrected chi connectivity index (χ1v) is 8.04. The predicted molar refractivity (Wildman–Crippen MR) is 90.6 cm³/mol. The molecule has 0 radical (unpaired) electrons. The smallest absolute Gasteiger partial charge is 0.143 e. The van der Waals surface area contributed by atoms with Crippen LogP contribution in [0.1, 0.15) is 18.9 Å². The molecule has 21 heavy (non-hydrogen) atoms. The summed E-state index contributed by atoms with van der Waals surface area (Å²) < 4.78 is 3.32. The summed E-state index contributed by atoms with van der Waals surface area (Å²) in [5.41, 5.74) is 9.78. The second-order valence-electron chi connectivity index (χ2n) is 5.37. The fourth-order valence-corrected chi connectivity index (χ4v) is 3.22. The minimum Gasteiger partial charge on any atom is -0.397 e. The third kappa shape index (κ3) is 2.14. The van der Waals surface area contributed by atoms with Crippen LogP contribution in [-0.4, -0.2) is 9.55 Å². The molecule has 2 aromatic carbocycles. The van der Waals surface area contributed by atoms with Crippen LogP contribution in [0.3, 0.4) is 0 Å². The van der Waals surface area contributed by atoms with Crippen LogP contribution >= 0.6 is 27.5 Å². The molecular weight excluding hydrogens is 350 g/mol. The van der Waals surface area contributed by atoms with Crippen molar-refractivity contribution in [3.8, 4) is 11.4 Å². The van der Waals surface area contributed by atoms with E-state index < -0.39 is 0 Å². The van der Waals surface area contributed by atoms with Gasteiger partial charge >= 0.3 is 0 Å². The molecule has 106 valence electrons. The molecule has 0 atom stereocenters. The quantitative estimate of drug-likeness (QED) is 0.649. The summed E-state index contributed by atoms with van der Waals surface area (Å²) in [5, 5.41) is 0.572. The maximum Gasteiger partial charge on any atom is 0.143 e. The summed E-state index contributed by atoms with van der Waals surface area (Å²) in [6, 6.07) is 12.4. The number of imidazole rings is 1. The minimum absolute atomic E-state index is 0.518. The van der Waals surface area contributed by atoms with Gasteiger partial charge in [-0.05, 0) is 43.2 Å². The summed E-state index contributed by atoms with van der Waals surface area (Å²) >= 11 is 9.67. The highest BCUT2D eigenvalue weighted by atomic mass is 79.9. The number of nitrogen functional groups attached to an aromatic ring is 1. The lowest BCUT2D eigenvalue weighted by Crippen LogP contribution is -2.00. The summed E-state index contributed by atoms with van der Waals surface area (Å²) in [5.74, 6) is 0.908. The average Bonchev–Trinajstić information content (AvgIpc) is 3.23. The molecule has 0 saturated heterocycles. The molecule has 1 aliphatic carbocycles. The highest BCUT2D eigenvalue weighted by Gasteiger charge is 2.29. The Morgan fingerprint density at radius 3 is 2.81 bits per heavy atom. The zero-order chi connectivity index (χ0) is 14.6. The van der Waals surface area contributed by atoms with Crippen LogP contribution in [0.4, 0.5) is 5.69 Å². The number of rotatable bonds is 2. The number of hydrogen-bond acceptors (Lipinski definition) is 2. The number of para-hydroxylation sites is 1. The van der Waals surface area contributed by atoms with Gasteiger partial charge in [0.25, 0.3) is 0 Å². The topological polar surface area (TPSA) is 43.8 Å². The number of nitrogens with two attached hydrogens (primary N) is 1. The average molecular weight is 363 g/mol. The molecule has 0 amide bonds. The fourth-order valence-electron chi connectivity index (χ4n) is 2.70. The Bertz CT molecular complexity index is 852. The molecule has 4 rings (SSSR count). The zero-order valence-electron chi connectivity index (χ0n) is 11.2. The van der Waals surface area contributed by atoms with Crippen molar-refractivity contribution in [1.29, 1.82) is 0 Å². The summed E-state index contributed by atoms with van der Waals surface area (Å²) in [6.45, 7) is 0. The van der Waals surface area contributed by atoms with Crippen molar-refractivity contribution < 1.29 is 0 Å². The van der Waals surface area contributed by atoms with Crippen LogP contribution in [0.15, 0.2) is 40.9 Å². The zero-order valence-corrected chi connectivity index (χ0v) is 13.5. The summed E-state index contributed by atoms with van der Waals surface area (Å²) in [6.07, 6.45) is 2.38. The lowest BCUT2D eigenvalue weighted by Gasteiger charge is -2.10. The van der Waals surface area contributed by atoms with Crippen LogP contribution in [0.25, 0.3) is 22.4 Å². The fraction of sp³-hybridized carbons (Fsp3) is 0.188. The lowest BCUT2D eigenvalue weighted by atomic mass is 10.1. The molecule has 0 spiro atoms. The number of anilines is 1. The SMILES string of the molecule is Nc1c(Cl)cccc1-c1nc2cc(Br)ccc2n1C1CC1. The van der Waals surface area contributed by atoms with Crippen molar-refractivity contribution in [2.45, 2.75) is 18.9 Å². The standard InChI is InChI=1S/C16H13BrClN3/c17-9-4-7-14-13(8-9)20-16(21(14)10-5-6-10)11-2-1-3-12(18)15(11)19/h1-4,7-8,10H,5-6,19H2. The molecule has 1 saturated carbocycles. The number of nitrogens with zero attached hydrogens (tertiary/aromatic N) is 2. The Kier molecular flexibility index (Phi) is 2.98. The van der Waals surface area contributed by atoms with E-state index in [0.29, 0.717) is 16.8 Å². The first-order valence-electron chi connectivity index (χ1n) is 6.87. The number of halogens is 2. The Labute approximate surface area is 135 Å². The van der Waals surface area contributed by atoms with Gasteiger partial charge in [0.05, 0.1) is 21.7 Å². The molecule has 1 heterocycles. The minimum atomic E-state index is 0.518. The van der Waals surface area contributed by atoms with Gasteiger partial charge in [-0.1, -0.05) is 33.6 Å². The van der Waals surface area contributed by atoms with Crippen LogP contribution < -0.4 is 5.73 Å². The molecule has 0 unspecified atom stereocenters. The van der Waals surface area contributed by atoms with Crippen molar-refractivity contribution in [2.24, 2.45) is 0 Å². The molecular formula is C16H13BrClN3. The van der Waals surface area contributed by atoms with Gasteiger partial charge in [-0.2, -0.15) is 0 Å². The van der Waals surface area contributed by atoms with E-state index in [9.17, 15) is 0 Å². The van der Waals surface area contributed by atoms with Crippen molar-refractivity contribution >= 4 is 44.3 Å². The Morgan fingerprint density at radius 2 is 2.05 bits per heavy atom. The highest BCUT2D eigenvalue weighted by Crippen LogP contribution is 2.43. The van der Waals surface area contributed by atoms with E-state index in [1.807, 2.05) is 24.3 Å². The van der Waals surface area contributed by atoms with Gasteiger partial charge in [0.2, 0.25) is 0 Å². The van der Waals surface area contributed by atoms with Gasteiger partial charge in [-0.15, -0.1) is 0 Å². The monoisotopic (exact) mass is 361 g/mol. The second kappa shape index (κ2) is 4.75. The summed E-state index contributed by atoms with van der Waals surface area (Å²) in [4.78, 5) is 4.80. The van der Waals surface area contributed by atoms with Crippen LogP contribution in [0.5, 0.6) is 0 Å². The second-order valence-corrected chi connectivity index (χ2v) is 6.69. The van der Waals surface area contributed by atoms with E-state index in [2.05, 4.69) is 26.6 Å². The van der Waals surface area contributed by atoms with E-state index in [1.165, 1.54) is 12.8 Å². The van der Waals surface area contributed by atoms with Crippen LogP contribution in [0, 0.1) is 0 Å². The molecule has 3 aromatic rings. The maximum absolute atomic E-state index is 6.17. The molecule has 1 fully saturated rings. The summed E-state index contributed by atoms with van der Waals surface area (Å²) in [7, 11) is 0. The number of hydrogen-bond donors (Lipinski definition) is 1. The van der Waals surface area contributed by atoms with Crippen molar-refractivity contribution in [3.63, 3.8) is 0 Å². The maximum atomic E-state index is 6.17. The van der Waals surface area contributed by atoms with Crippen molar-refractivity contribution in [3.05, 3.63) is 45.9 Å². The molecule has 1 aromatic heterocycles. The largest absolute Gasteiger partial charge is 0.397 e. The predicted octanol–water partition coefficient (Wildman–Crippen LogP) is 5.04. The van der Waals surface area contributed by atoms with Gasteiger partial charge < -0.3 is 10.3 Å². The third-order valence-corrected chi connectivity index (χ3v) is 4.68. The molecule has 2 N–H and O–H groups in total. The number of benzene rings is 2. The molecule has 0 bridgehead atoms. The molecule has 5 heteroatoms. The van der Waals surface area contributed by atoms with E-state index in [0.717, 1.165) is 26.9 Å². The van der Waals surface area contributed by atoms with Gasteiger partial charge in [0, 0.05) is 16.1 Å². The first-order chi connectivity index (χ1) is 10.1. The molecule has 0 aliphatic heterocycles. The molecule has 1 aliphatic rings. The van der Waals surface area contributed by atoms with Crippen LogP contribution in [0.2, 0.25) is 5.02 Å². The number of fused-ring (bicyclic) bond motifs is 1. The van der Waals surface area contributed by atoms with Crippen molar-refractivity contribution in [2.75, 3.05) is 5.73 Å². The number of aromatic nitrogens is 2. The van der Waals surface area contributed by atoms with Gasteiger partial charge in [0.15, 0.2) is 0 Å². The van der Waals surface area contributed by atoms with Gasteiger partial charge in [-0.3, -0.25) is 0 Å². The molecule has 3 nitrogen and oxygen atoms in total. The highest BCUT2D eigenvalue weighted by molar-refractivity contribution is 9.10. The van der Waals surface area contributed by atoms with Crippen molar-refractivity contribution in [1.82, 2.24) is 9.55 Å². The Balaban J connectivity index is 2.03. The third-order valence-electron chi connectivity index (χ3n) is 3.86. The lowest BCUT2D eigenvalue weighted by molar-refractivity contribution is 0.775. The normalized spacial score (nSPS) is 14.8. The van der Waals surface area contributed by atoms with Gasteiger partial charge in [0.1, 0.15) is 5.82 Å². The van der Waals surface area contributed by atoms with E-state index >= 15 is 0 Å². The Morgan fingerprint density at radius 1 is 1.24 bits per heavy atom. The Hall–Kier alpha value is -1.52. The first kappa shape index (κ1) is 13.2. The van der Waals surface area contributed by atoms with E-state index in [4.69, 9.17) is 22.3 Å². The van der Waals surface area contributed by atoms with E-state index in [1.54, 1.807) is 6.07 Å².